The third-order valence-electron chi connectivity index (χ3n) is 1.39. The molecule has 0 amide bonds. The maximum absolute atomic E-state index is 10.5. The van der Waals surface area contributed by atoms with E-state index in [2.05, 4.69) is 0 Å². The second-order valence-corrected chi connectivity index (χ2v) is 2.91. The molecule has 0 aliphatic heterocycles. The maximum Gasteiger partial charge on any atom is 0.303 e. The van der Waals surface area contributed by atoms with E-state index in [1.807, 2.05) is 0 Å². The van der Waals surface area contributed by atoms with Crippen molar-refractivity contribution in [1.82, 2.24) is 0 Å². The number of carbonyl (C=O) groups excluding carboxylic acids is 1. The minimum absolute atomic E-state index is 0.0284. The number of esters is 1. The third kappa shape index (κ3) is 4.65. The zero-order valence-corrected chi connectivity index (χ0v) is 7.44. The van der Waals surface area contributed by atoms with Gasteiger partial charge in [0.15, 0.2) is 6.10 Å². The molecule has 5 heteroatoms. The van der Waals surface area contributed by atoms with Gasteiger partial charge in [0.2, 0.25) is 6.54 Å². The van der Waals surface area contributed by atoms with Gasteiger partial charge in [-0.3, -0.25) is 14.9 Å². The summed E-state index contributed by atoms with van der Waals surface area (Å²) in [7, 11) is 0. The molecule has 0 rings (SSSR count). The topological polar surface area (TPSA) is 69.4 Å². The highest BCUT2D eigenvalue weighted by molar-refractivity contribution is 5.66. The Bertz CT molecular complexity index is 162. The highest BCUT2D eigenvalue weighted by Crippen LogP contribution is 2.06. The van der Waals surface area contributed by atoms with Crippen molar-refractivity contribution in [3.8, 4) is 0 Å². The zero-order valence-electron chi connectivity index (χ0n) is 7.44. The molecule has 0 heterocycles. The van der Waals surface area contributed by atoms with Crippen LogP contribution in [0.4, 0.5) is 0 Å². The highest BCUT2D eigenvalue weighted by Gasteiger charge is 2.21. The van der Waals surface area contributed by atoms with Gasteiger partial charge in [0, 0.05) is 11.8 Å². The summed E-state index contributed by atoms with van der Waals surface area (Å²) in [6.45, 7) is 4.47. The van der Waals surface area contributed by atoms with E-state index in [4.69, 9.17) is 4.74 Å². The van der Waals surface area contributed by atoms with E-state index in [0.717, 1.165) is 0 Å². The molecule has 70 valence electrons. The van der Waals surface area contributed by atoms with Crippen LogP contribution in [0.2, 0.25) is 0 Å². The lowest BCUT2D eigenvalue weighted by atomic mass is 10.1. The van der Waals surface area contributed by atoms with E-state index in [9.17, 15) is 14.9 Å². The molecule has 1 atom stereocenters. The van der Waals surface area contributed by atoms with Gasteiger partial charge >= 0.3 is 5.97 Å². The fourth-order valence-electron chi connectivity index (χ4n) is 0.744. The van der Waals surface area contributed by atoms with Crippen LogP contribution in [-0.2, 0) is 9.53 Å². The second-order valence-electron chi connectivity index (χ2n) is 2.91. The lowest BCUT2D eigenvalue weighted by Gasteiger charge is -2.15. The molecule has 0 aromatic heterocycles. The van der Waals surface area contributed by atoms with E-state index >= 15 is 0 Å². The maximum atomic E-state index is 10.5. The van der Waals surface area contributed by atoms with Crippen molar-refractivity contribution in [3.63, 3.8) is 0 Å². The number of carbonyl (C=O) groups is 1. The van der Waals surface area contributed by atoms with Crippen LogP contribution < -0.4 is 0 Å². The molecule has 0 N–H and O–H groups in total. The molecule has 0 aliphatic carbocycles. The molecule has 0 radical (unpaired) electrons. The molecule has 0 aliphatic rings. The van der Waals surface area contributed by atoms with Crippen LogP contribution in [0.1, 0.15) is 20.8 Å². The van der Waals surface area contributed by atoms with Crippen molar-refractivity contribution in [2.75, 3.05) is 6.54 Å². The van der Waals surface area contributed by atoms with Crippen molar-refractivity contribution < 1.29 is 14.5 Å². The van der Waals surface area contributed by atoms with E-state index in [1.54, 1.807) is 13.8 Å². The summed E-state index contributed by atoms with van der Waals surface area (Å²) < 4.78 is 4.74. The van der Waals surface area contributed by atoms with E-state index < -0.39 is 17.0 Å². The number of nitrogens with zero attached hydrogens (tertiary/aromatic N) is 1. The fraction of sp³-hybridized carbons (Fsp3) is 0.857. The Hall–Kier alpha value is -1.13. The number of nitro groups is 1. The van der Waals surface area contributed by atoms with Gasteiger partial charge in [-0.1, -0.05) is 13.8 Å². The van der Waals surface area contributed by atoms with Gasteiger partial charge in [-0.15, -0.1) is 0 Å². The summed E-state index contributed by atoms with van der Waals surface area (Å²) in [5.74, 6) is -0.505. The van der Waals surface area contributed by atoms with Crippen LogP contribution in [0.15, 0.2) is 0 Å². The molecular formula is C7H13NO4. The van der Waals surface area contributed by atoms with Gasteiger partial charge in [-0.05, 0) is 5.92 Å². The monoisotopic (exact) mass is 175 g/mol. The molecule has 0 aromatic carbocycles. The minimum Gasteiger partial charge on any atom is -0.455 e. The van der Waals surface area contributed by atoms with E-state index in [-0.39, 0.29) is 12.5 Å². The molecule has 0 spiro atoms. The SMILES string of the molecule is CC(=O)OC(C[N+](=O)[O-])C(C)C. The fourth-order valence-corrected chi connectivity index (χ4v) is 0.744. The van der Waals surface area contributed by atoms with Crippen LogP contribution in [-0.4, -0.2) is 23.5 Å². The first-order valence-corrected chi connectivity index (χ1v) is 3.72. The van der Waals surface area contributed by atoms with Crippen LogP contribution >= 0.6 is 0 Å². The summed E-state index contributed by atoms with van der Waals surface area (Å²) in [6.07, 6.45) is -0.613. The smallest absolute Gasteiger partial charge is 0.303 e. The first-order chi connectivity index (χ1) is 5.43. The first kappa shape index (κ1) is 10.9. The van der Waals surface area contributed by atoms with Crippen molar-refractivity contribution >= 4 is 5.97 Å². The van der Waals surface area contributed by atoms with Crippen molar-refractivity contribution in [3.05, 3.63) is 10.1 Å². The Kier molecular flexibility index (Phi) is 4.25. The second kappa shape index (κ2) is 4.69. The van der Waals surface area contributed by atoms with Gasteiger partial charge in [-0.25, -0.2) is 0 Å². The Balaban J connectivity index is 4.04. The average molecular weight is 175 g/mol. The highest BCUT2D eigenvalue weighted by atomic mass is 16.6. The summed E-state index contributed by atoms with van der Waals surface area (Å²) >= 11 is 0. The zero-order chi connectivity index (χ0) is 9.72. The quantitative estimate of drug-likeness (QED) is 0.361. The van der Waals surface area contributed by atoms with Gasteiger partial charge in [0.25, 0.3) is 0 Å². The van der Waals surface area contributed by atoms with Crippen LogP contribution in [0.25, 0.3) is 0 Å². The lowest BCUT2D eigenvalue weighted by Crippen LogP contribution is -2.30. The molecule has 0 fully saturated rings. The summed E-state index contributed by atoms with van der Waals surface area (Å²) in [5, 5.41) is 10.1. The minimum atomic E-state index is -0.613. The standard InChI is InChI=1S/C7H13NO4/c1-5(2)7(4-8(10)11)12-6(3)9/h5,7H,4H2,1-3H3. The molecule has 5 nitrogen and oxygen atoms in total. The Morgan fingerprint density at radius 2 is 2.08 bits per heavy atom. The number of rotatable bonds is 4. The van der Waals surface area contributed by atoms with Gasteiger partial charge in [-0.2, -0.15) is 0 Å². The van der Waals surface area contributed by atoms with Crippen molar-refractivity contribution in [1.29, 1.82) is 0 Å². The normalized spacial score (nSPS) is 12.7. The summed E-state index contributed by atoms with van der Waals surface area (Å²) in [5.41, 5.74) is 0. The number of ether oxygens (including phenoxy) is 1. The largest absolute Gasteiger partial charge is 0.455 e. The van der Waals surface area contributed by atoms with Crippen molar-refractivity contribution in [2.24, 2.45) is 5.92 Å². The Morgan fingerprint density at radius 3 is 2.33 bits per heavy atom. The third-order valence-corrected chi connectivity index (χ3v) is 1.39. The Morgan fingerprint density at radius 1 is 1.58 bits per heavy atom. The predicted molar refractivity (Wildman–Crippen MR) is 42.3 cm³/mol. The van der Waals surface area contributed by atoms with Gasteiger partial charge in [0.05, 0.1) is 0 Å². The molecule has 0 bridgehead atoms. The average Bonchev–Trinajstić information content (AvgIpc) is 1.83. The number of hydrogen-bond acceptors (Lipinski definition) is 4. The molecule has 1 unspecified atom stereocenters. The lowest BCUT2D eigenvalue weighted by molar-refractivity contribution is -0.491. The molecular weight excluding hydrogens is 162 g/mol. The van der Waals surface area contributed by atoms with Crippen LogP contribution in [0, 0.1) is 16.0 Å². The molecule has 0 saturated heterocycles. The summed E-state index contributed by atoms with van der Waals surface area (Å²) in [4.78, 5) is 20.1. The Labute approximate surface area is 70.9 Å². The van der Waals surface area contributed by atoms with Crippen LogP contribution in [0.5, 0.6) is 0 Å². The van der Waals surface area contributed by atoms with E-state index in [1.165, 1.54) is 6.92 Å². The molecule has 0 saturated carbocycles. The first-order valence-electron chi connectivity index (χ1n) is 3.72. The predicted octanol–water partition coefficient (Wildman–Crippen LogP) is 0.851. The van der Waals surface area contributed by atoms with Crippen LogP contribution in [0.3, 0.4) is 0 Å². The van der Waals surface area contributed by atoms with E-state index in [0.29, 0.717) is 0 Å². The van der Waals surface area contributed by atoms with Crippen molar-refractivity contribution in [2.45, 2.75) is 26.9 Å². The van der Waals surface area contributed by atoms with Gasteiger partial charge in [0.1, 0.15) is 0 Å². The molecule has 0 aromatic rings. The van der Waals surface area contributed by atoms with Gasteiger partial charge < -0.3 is 4.74 Å². The summed E-state index contributed by atoms with van der Waals surface area (Å²) in [6, 6.07) is 0. The number of hydrogen-bond donors (Lipinski definition) is 0. The molecule has 12 heavy (non-hydrogen) atoms.